The molecule has 0 fully saturated rings. The lowest BCUT2D eigenvalue weighted by Crippen LogP contribution is -2.41. The van der Waals surface area contributed by atoms with E-state index in [0.717, 1.165) is 24.8 Å². The molecule has 2 aromatic carbocycles. The van der Waals surface area contributed by atoms with Gasteiger partial charge in [0.05, 0.1) is 14.2 Å². The Morgan fingerprint density at radius 3 is 2.38 bits per heavy atom. The molecule has 2 amide bonds. The first-order valence-electron chi connectivity index (χ1n) is 8.91. The highest BCUT2D eigenvalue weighted by atomic mass is 16.5. The Hall–Kier alpha value is -2.69. The van der Waals surface area contributed by atoms with E-state index in [0.29, 0.717) is 18.0 Å². The van der Waals surface area contributed by atoms with Crippen molar-refractivity contribution in [2.45, 2.75) is 32.2 Å². The lowest BCUT2D eigenvalue weighted by Gasteiger charge is -2.15. The van der Waals surface area contributed by atoms with Gasteiger partial charge in [0.15, 0.2) is 11.5 Å². The van der Waals surface area contributed by atoms with Crippen LogP contribution < -0.4 is 20.1 Å². The van der Waals surface area contributed by atoms with Gasteiger partial charge in [-0.2, -0.15) is 0 Å². The molecular formula is C21H28N2O3. The van der Waals surface area contributed by atoms with Crippen LogP contribution in [0.3, 0.4) is 0 Å². The summed E-state index contributed by atoms with van der Waals surface area (Å²) < 4.78 is 10.5. The van der Waals surface area contributed by atoms with E-state index in [1.807, 2.05) is 43.3 Å². The first kappa shape index (κ1) is 19.6. The highest BCUT2D eigenvalue weighted by Crippen LogP contribution is 2.27. The molecule has 1 atom stereocenters. The number of hydrogen-bond acceptors (Lipinski definition) is 3. The number of methoxy groups -OCH3 is 2. The fraction of sp³-hybridized carbons (Fsp3) is 0.381. The normalized spacial score (nSPS) is 11.5. The second-order valence-corrected chi connectivity index (χ2v) is 6.26. The van der Waals surface area contributed by atoms with Crippen molar-refractivity contribution in [3.05, 3.63) is 59.7 Å². The number of hydrogen-bond donors (Lipinski definition) is 2. The minimum Gasteiger partial charge on any atom is -0.493 e. The van der Waals surface area contributed by atoms with Gasteiger partial charge in [-0.25, -0.2) is 4.79 Å². The number of benzene rings is 2. The van der Waals surface area contributed by atoms with Gasteiger partial charge in [-0.3, -0.25) is 0 Å². The molecule has 2 N–H and O–H groups in total. The van der Waals surface area contributed by atoms with Crippen LogP contribution in [0.15, 0.2) is 48.5 Å². The number of carbonyl (C=O) groups is 1. The summed E-state index contributed by atoms with van der Waals surface area (Å²) >= 11 is 0. The van der Waals surface area contributed by atoms with Crippen molar-refractivity contribution in [2.75, 3.05) is 20.8 Å². The summed E-state index contributed by atoms with van der Waals surface area (Å²) in [6, 6.07) is 16.1. The lowest BCUT2D eigenvalue weighted by atomic mass is 10.1. The number of urea groups is 1. The molecule has 5 nitrogen and oxygen atoms in total. The smallest absolute Gasteiger partial charge is 0.315 e. The molecular weight excluding hydrogens is 328 g/mol. The monoisotopic (exact) mass is 356 g/mol. The highest BCUT2D eigenvalue weighted by Gasteiger charge is 2.08. The predicted molar refractivity (Wildman–Crippen MR) is 104 cm³/mol. The highest BCUT2D eigenvalue weighted by molar-refractivity contribution is 5.74. The zero-order valence-electron chi connectivity index (χ0n) is 15.7. The Bertz CT molecular complexity index is 689. The van der Waals surface area contributed by atoms with Crippen molar-refractivity contribution in [3.8, 4) is 11.5 Å². The molecule has 140 valence electrons. The standard InChI is InChI=1S/C21H28N2O3/c1-16(9-10-17-7-5-4-6-8-17)23-21(24)22-14-13-18-11-12-19(25-2)20(15-18)26-3/h4-8,11-12,15-16H,9-10,13-14H2,1-3H3,(H2,22,23,24). The zero-order chi connectivity index (χ0) is 18.8. The van der Waals surface area contributed by atoms with Crippen LogP contribution >= 0.6 is 0 Å². The maximum Gasteiger partial charge on any atom is 0.315 e. The summed E-state index contributed by atoms with van der Waals surface area (Å²) in [6.07, 6.45) is 2.59. The van der Waals surface area contributed by atoms with E-state index < -0.39 is 0 Å². The topological polar surface area (TPSA) is 59.6 Å². The Kier molecular flexibility index (Phi) is 7.80. The molecule has 0 saturated heterocycles. The lowest BCUT2D eigenvalue weighted by molar-refractivity contribution is 0.237. The van der Waals surface area contributed by atoms with Gasteiger partial charge in [0.25, 0.3) is 0 Å². The predicted octanol–water partition coefficient (Wildman–Crippen LogP) is 3.57. The second kappa shape index (κ2) is 10.3. The van der Waals surface area contributed by atoms with Crippen LogP contribution in [0.1, 0.15) is 24.5 Å². The van der Waals surface area contributed by atoms with Gasteiger partial charge in [0, 0.05) is 12.6 Å². The second-order valence-electron chi connectivity index (χ2n) is 6.26. The molecule has 2 rings (SSSR count). The van der Waals surface area contributed by atoms with E-state index >= 15 is 0 Å². The third kappa shape index (κ3) is 6.31. The minimum atomic E-state index is -0.133. The zero-order valence-corrected chi connectivity index (χ0v) is 15.7. The molecule has 1 unspecified atom stereocenters. The molecule has 2 aromatic rings. The summed E-state index contributed by atoms with van der Waals surface area (Å²) in [6.45, 7) is 2.59. The maximum atomic E-state index is 12.0. The number of carbonyl (C=O) groups excluding carboxylic acids is 1. The van der Waals surface area contributed by atoms with E-state index in [4.69, 9.17) is 9.47 Å². The van der Waals surface area contributed by atoms with Gasteiger partial charge >= 0.3 is 6.03 Å². The van der Waals surface area contributed by atoms with Gasteiger partial charge < -0.3 is 20.1 Å². The Balaban J connectivity index is 1.69. The SMILES string of the molecule is COc1ccc(CCNC(=O)NC(C)CCc2ccccc2)cc1OC. The van der Waals surface area contributed by atoms with Crippen molar-refractivity contribution in [3.63, 3.8) is 0 Å². The van der Waals surface area contributed by atoms with Crippen LogP contribution in [0, 0.1) is 0 Å². The molecule has 0 aliphatic rings. The summed E-state index contributed by atoms with van der Waals surface area (Å²) in [4.78, 5) is 12.0. The van der Waals surface area contributed by atoms with Crippen LogP contribution in [-0.4, -0.2) is 32.8 Å². The van der Waals surface area contributed by atoms with E-state index in [2.05, 4.69) is 22.8 Å². The molecule has 0 aromatic heterocycles. The van der Waals surface area contributed by atoms with Gasteiger partial charge in [0.1, 0.15) is 0 Å². The van der Waals surface area contributed by atoms with Gasteiger partial charge in [-0.1, -0.05) is 36.4 Å². The Morgan fingerprint density at radius 1 is 0.962 bits per heavy atom. The fourth-order valence-corrected chi connectivity index (χ4v) is 2.73. The van der Waals surface area contributed by atoms with Crippen LogP contribution in [0.2, 0.25) is 0 Å². The molecule has 0 saturated carbocycles. The number of rotatable bonds is 9. The summed E-state index contributed by atoms with van der Waals surface area (Å²) in [5.41, 5.74) is 2.37. The number of amides is 2. The Labute approximate surface area is 155 Å². The molecule has 0 bridgehead atoms. The number of ether oxygens (including phenoxy) is 2. The van der Waals surface area contributed by atoms with Crippen LogP contribution in [0.25, 0.3) is 0 Å². The van der Waals surface area contributed by atoms with E-state index in [1.54, 1.807) is 14.2 Å². The molecule has 0 heterocycles. The molecule has 5 heteroatoms. The van der Waals surface area contributed by atoms with E-state index in [1.165, 1.54) is 5.56 Å². The summed E-state index contributed by atoms with van der Waals surface area (Å²) in [7, 11) is 3.23. The van der Waals surface area contributed by atoms with Crippen LogP contribution in [-0.2, 0) is 12.8 Å². The average molecular weight is 356 g/mol. The Morgan fingerprint density at radius 2 is 1.69 bits per heavy atom. The molecule has 26 heavy (non-hydrogen) atoms. The molecule has 0 radical (unpaired) electrons. The van der Waals surface area contributed by atoms with Crippen molar-refractivity contribution < 1.29 is 14.3 Å². The van der Waals surface area contributed by atoms with Crippen LogP contribution in [0.5, 0.6) is 11.5 Å². The summed E-state index contributed by atoms with van der Waals surface area (Å²) in [5, 5.41) is 5.89. The van der Waals surface area contributed by atoms with Gasteiger partial charge in [0.2, 0.25) is 0 Å². The quantitative estimate of drug-likeness (QED) is 0.722. The van der Waals surface area contributed by atoms with Crippen molar-refractivity contribution in [1.29, 1.82) is 0 Å². The first-order chi connectivity index (χ1) is 12.6. The number of nitrogens with one attached hydrogen (secondary N) is 2. The van der Waals surface area contributed by atoms with Crippen molar-refractivity contribution in [2.24, 2.45) is 0 Å². The van der Waals surface area contributed by atoms with Gasteiger partial charge in [-0.15, -0.1) is 0 Å². The minimum absolute atomic E-state index is 0.122. The molecule has 0 aliphatic heterocycles. The molecule has 0 aliphatic carbocycles. The largest absolute Gasteiger partial charge is 0.493 e. The van der Waals surface area contributed by atoms with Crippen LogP contribution in [0.4, 0.5) is 4.79 Å². The van der Waals surface area contributed by atoms with Gasteiger partial charge in [-0.05, 0) is 49.4 Å². The van der Waals surface area contributed by atoms with E-state index in [9.17, 15) is 4.79 Å². The third-order valence-corrected chi connectivity index (χ3v) is 4.23. The number of aryl methyl sites for hydroxylation is 1. The fourth-order valence-electron chi connectivity index (χ4n) is 2.73. The maximum absolute atomic E-state index is 12.0. The third-order valence-electron chi connectivity index (χ3n) is 4.23. The summed E-state index contributed by atoms with van der Waals surface area (Å²) in [5.74, 6) is 1.40. The first-order valence-corrected chi connectivity index (χ1v) is 8.91. The van der Waals surface area contributed by atoms with E-state index in [-0.39, 0.29) is 12.1 Å². The molecule has 0 spiro atoms. The van der Waals surface area contributed by atoms with Crippen molar-refractivity contribution >= 4 is 6.03 Å². The average Bonchev–Trinajstić information content (AvgIpc) is 2.67. The van der Waals surface area contributed by atoms with Crippen molar-refractivity contribution in [1.82, 2.24) is 10.6 Å².